The van der Waals surface area contributed by atoms with Gasteiger partial charge in [0.2, 0.25) is 6.79 Å². The van der Waals surface area contributed by atoms with Gasteiger partial charge in [-0.25, -0.2) is 4.79 Å². The highest BCUT2D eigenvalue weighted by Gasteiger charge is 2.67. The van der Waals surface area contributed by atoms with E-state index in [0.29, 0.717) is 0 Å². The van der Waals surface area contributed by atoms with Crippen LogP contribution in [0.4, 0.5) is 0 Å². The van der Waals surface area contributed by atoms with E-state index < -0.39 is 46.2 Å². The molecule has 2 aliphatic heterocycles. The fourth-order valence-electron chi connectivity index (χ4n) is 2.39. The van der Waals surface area contributed by atoms with Gasteiger partial charge < -0.3 is 15.0 Å². The van der Waals surface area contributed by atoms with E-state index in [1.54, 1.807) is 34.6 Å². The van der Waals surface area contributed by atoms with Crippen LogP contribution in [0.25, 0.3) is 5.53 Å². The van der Waals surface area contributed by atoms with Crippen molar-refractivity contribution in [2.75, 3.05) is 6.79 Å². The lowest BCUT2D eigenvalue weighted by molar-refractivity contribution is -0.178. The van der Waals surface area contributed by atoms with Gasteiger partial charge in [-0.15, -0.1) is 11.8 Å². The Morgan fingerprint density at radius 3 is 2.48 bits per heavy atom. The molecule has 0 radical (unpaired) electrons. The zero-order valence-corrected chi connectivity index (χ0v) is 14.5. The van der Waals surface area contributed by atoms with Gasteiger partial charge in [-0.3, -0.25) is 14.5 Å². The van der Waals surface area contributed by atoms with Crippen LogP contribution in [0.5, 0.6) is 0 Å². The van der Waals surface area contributed by atoms with Crippen LogP contribution >= 0.6 is 11.8 Å². The van der Waals surface area contributed by atoms with Crippen molar-refractivity contribution in [1.29, 1.82) is 0 Å². The summed E-state index contributed by atoms with van der Waals surface area (Å²) in [4.78, 5) is 40.1. The van der Waals surface area contributed by atoms with E-state index in [2.05, 4.69) is 4.79 Å². The summed E-state index contributed by atoms with van der Waals surface area (Å²) >= 11 is 1.34. The smallest absolute Gasteiger partial charge is 0.388 e. The van der Waals surface area contributed by atoms with Crippen LogP contribution in [0.2, 0.25) is 0 Å². The quantitative estimate of drug-likeness (QED) is 0.247. The van der Waals surface area contributed by atoms with Gasteiger partial charge in [0.05, 0.1) is 5.41 Å². The summed E-state index contributed by atoms with van der Waals surface area (Å²) < 4.78 is 9.29. The summed E-state index contributed by atoms with van der Waals surface area (Å²) in [5, 5.41) is -0.461. The Kier molecular flexibility index (Phi) is 4.30. The van der Waals surface area contributed by atoms with Gasteiger partial charge in [0.25, 0.3) is 0 Å². The second kappa shape index (κ2) is 5.65. The first kappa shape index (κ1) is 17.5. The molecule has 2 heterocycles. The summed E-state index contributed by atoms with van der Waals surface area (Å²) in [5.41, 5.74) is 8.16. The van der Waals surface area contributed by atoms with Crippen LogP contribution < -0.4 is 0 Å². The van der Waals surface area contributed by atoms with Gasteiger partial charge in [-0.2, -0.15) is 4.79 Å². The van der Waals surface area contributed by atoms with Crippen LogP contribution in [0.3, 0.4) is 0 Å². The first-order chi connectivity index (χ1) is 10.5. The van der Waals surface area contributed by atoms with Crippen molar-refractivity contribution in [3.63, 3.8) is 0 Å². The minimum absolute atomic E-state index is 0.0255. The zero-order chi connectivity index (χ0) is 17.6. The molecule has 2 atom stereocenters. The predicted octanol–water partition coefficient (Wildman–Crippen LogP) is 0.810. The number of nitrogens with zero attached hydrogens (tertiary/aromatic N) is 3. The summed E-state index contributed by atoms with van der Waals surface area (Å²) in [5.74, 6) is -1.64. The maximum atomic E-state index is 12.3. The molecule has 23 heavy (non-hydrogen) atoms. The predicted molar refractivity (Wildman–Crippen MR) is 81.2 cm³/mol. The number of carbonyl (C=O) groups is 3. The number of ether oxygens (including phenoxy) is 2. The zero-order valence-electron chi connectivity index (χ0n) is 13.7. The van der Waals surface area contributed by atoms with Gasteiger partial charge in [-0.1, -0.05) is 0 Å². The molecule has 0 aromatic carbocycles. The Hall–Kier alpha value is -1.86. The number of hydrogen-bond donors (Lipinski definition) is 0. The normalized spacial score (nSPS) is 25.3. The molecule has 0 saturated carbocycles. The summed E-state index contributed by atoms with van der Waals surface area (Å²) in [6, 6.07) is -0.830. The van der Waals surface area contributed by atoms with Crippen LogP contribution in [0, 0.1) is 5.41 Å². The highest BCUT2D eigenvalue weighted by molar-refractivity contribution is 8.02. The number of thioether (sulfide) groups is 1. The molecule has 126 valence electrons. The first-order valence-electron chi connectivity index (χ1n) is 7.07. The highest BCUT2D eigenvalue weighted by Crippen LogP contribution is 2.49. The van der Waals surface area contributed by atoms with Gasteiger partial charge in [0.1, 0.15) is 6.04 Å². The average Bonchev–Trinajstić information content (AvgIpc) is 2.66. The Labute approximate surface area is 138 Å². The van der Waals surface area contributed by atoms with Crippen molar-refractivity contribution in [1.82, 2.24) is 4.90 Å². The monoisotopic (exact) mass is 341 g/mol. The molecule has 2 rings (SSSR count). The second-order valence-corrected chi connectivity index (χ2v) is 8.67. The molecule has 0 spiro atoms. The molecule has 9 heteroatoms. The highest BCUT2D eigenvalue weighted by atomic mass is 32.2. The molecular formula is C14H19N3O5S. The third-order valence-corrected chi connectivity index (χ3v) is 5.13. The van der Waals surface area contributed by atoms with E-state index in [1.165, 1.54) is 16.7 Å². The Morgan fingerprint density at radius 1 is 1.35 bits per heavy atom. The maximum absolute atomic E-state index is 12.3. The fourth-order valence-corrected chi connectivity index (χ4v) is 3.89. The van der Waals surface area contributed by atoms with E-state index in [0.717, 1.165) is 0 Å². The molecule has 2 fully saturated rings. The van der Waals surface area contributed by atoms with E-state index in [9.17, 15) is 14.4 Å². The van der Waals surface area contributed by atoms with Gasteiger partial charge in [0, 0.05) is 4.75 Å². The fraction of sp³-hybridized carbons (Fsp3) is 0.714. The molecule has 0 aliphatic carbocycles. The molecule has 0 aromatic heterocycles. The number of β-lactam (4-membered cyclic amide) rings is 1. The van der Waals surface area contributed by atoms with Crippen molar-refractivity contribution < 1.29 is 28.6 Å². The Balaban J connectivity index is 2.01. The maximum Gasteiger partial charge on any atom is 0.388 e. The Bertz CT molecular complexity index is 618. The summed E-state index contributed by atoms with van der Waals surface area (Å²) in [6.45, 7) is 8.16. The minimum atomic E-state index is -0.830. The number of fused-ring (bicyclic) bond motifs is 1. The van der Waals surface area contributed by atoms with Crippen LogP contribution in [0.1, 0.15) is 34.6 Å². The van der Waals surface area contributed by atoms with Crippen molar-refractivity contribution in [3.05, 3.63) is 5.53 Å². The Morgan fingerprint density at radius 2 is 1.96 bits per heavy atom. The summed E-state index contributed by atoms with van der Waals surface area (Å²) in [6.07, 6.45) is 0. The summed E-state index contributed by atoms with van der Waals surface area (Å²) in [7, 11) is 0. The lowest BCUT2D eigenvalue weighted by atomic mass is 9.97. The van der Waals surface area contributed by atoms with Crippen LogP contribution in [-0.4, -0.2) is 56.2 Å². The molecule has 8 nitrogen and oxygen atoms in total. The largest absolute Gasteiger partial charge is 0.427 e. The minimum Gasteiger partial charge on any atom is -0.427 e. The molecule has 0 aromatic rings. The van der Waals surface area contributed by atoms with E-state index in [-0.39, 0.29) is 5.71 Å². The third kappa shape index (κ3) is 2.98. The average molecular weight is 341 g/mol. The molecule has 2 aliphatic rings. The van der Waals surface area contributed by atoms with Crippen LogP contribution in [-0.2, 0) is 23.9 Å². The van der Waals surface area contributed by atoms with Gasteiger partial charge in [-0.05, 0) is 34.6 Å². The third-order valence-electron chi connectivity index (χ3n) is 3.63. The van der Waals surface area contributed by atoms with Crippen molar-refractivity contribution in [2.24, 2.45) is 5.41 Å². The number of amides is 1. The van der Waals surface area contributed by atoms with Crippen molar-refractivity contribution >= 4 is 35.3 Å². The molecule has 2 saturated heterocycles. The number of esters is 2. The van der Waals surface area contributed by atoms with E-state index >= 15 is 0 Å². The number of carbonyl (C=O) groups excluding carboxylic acids is 3. The standard InChI is InChI=1S/C14H19N3O5S/c1-13(2,3)12(20)22-6-21-11(19)8-14(4,5)23-10-7(16-15)9(18)17(8)10/h8,10H,6H2,1-5H3/t8-,10+/m0/s1. The SMILES string of the molecule is CC(C)(C)C(=O)OCOC(=O)[C@@H]1N2C(=O)C(=[N+]=[N-])[C@H]2SC1(C)C. The molecule has 0 unspecified atom stereocenters. The van der Waals surface area contributed by atoms with E-state index in [1.807, 2.05) is 0 Å². The lowest BCUT2D eigenvalue weighted by Gasteiger charge is -2.33. The first-order valence-corrected chi connectivity index (χ1v) is 7.95. The molecular weight excluding hydrogens is 322 g/mol. The van der Waals surface area contributed by atoms with Gasteiger partial charge >= 0.3 is 23.6 Å². The molecule has 0 bridgehead atoms. The van der Waals surface area contributed by atoms with E-state index in [4.69, 9.17) is 15.0 Å². The van der Waals surface area contributed by atoms with Crippen molar-refractivity contribution in [2.45, 2.75) is 50.8 Å². The van der Waals surface area contributed by atoms with Crippen LogP contribution in [0.15, 0.2) is 0 Å². The number of rotatable bonds is 3. The topological polar surface area (TPSA) is 109 Å². The van der Waals surface area contributed by atoms with Crippen molar-refractivity contribution in [3.8, 4) is 0 Å². The number of hydrogen-bond acceptors (Lipinski definition) is 6. The van der Waals surface area contributed by atoms with Gasteiger partial charge in [0.15, 0.2) is 5.37 Å². The lowest BCUT2D eigenvalue weighted by Crippen LogP contribution is -2.64. The molecule has 1 amide bonds. The second-order valence-electron chi connectivity index (χ2n) is 6.94. The molecule has 0 N–H and O–H groups in total.